The van der Waals surface area contributed by atoms with Crippen LogP contribution in [0.15, 0.2) is 18.2 Å². The van der Waals surface area contributed by atoms with E-state index in [1.165, 1.54) is 6.07 Å². The van der Waals surface area contributed by atoms with Gasteiger partial charge in [-0.25, -0.2) is 4.79 Å². The van der Waals surface area contributed by atoms with Gasteiger partial charge in [-0.1, -0.05) is 26.8 Å². The maximum atomic E-state index is 12.0. The van der Waals surface area contributed by atoms with Crippen molar-refractivity contribution in [3.05, 3.63) is 34.9 Å². The summed E-state index contributed by atoms with van der Waals surface area (Å²) in [5.74, 6) is -0.662. The fraction of sp³-hybridized carbons (Fsp3) is 0.429. The number of carbonyl (C=O) groups is 2. The zero-order chi connectivity index (χ0) is 12.8. The Balaban J connectivity index is 2.62. The Morgan fingerprint density at radius 2 is 2.06 bits per heavy atom. The van der Waals surface area contributed by atoms with Crippen LogP contribution in [-0.4, -0.2) is 16.9 Å². The van der Waals surface area contributed by atoms with Gasteiger partial charge < -0.3 is 5.11 Å². The molecule has 0 saturated heterocycles. The second-order valence-corrected chi connectivity index (χ2v) is 5.32. The summed E-state index contributed by atoms with van der Waals surface area (Å²) in [6, 6.07) is 4.87. The lowest BCUT2D eigenvalue weighted by atomic mass is 9.66. The first-order valence-corrected chi connectivity index (χ1v) is 5.75. The van der Waals surface area contributed by atoms with Crippen LogP contribution in [0, 0.1) is 5.92 Å². The molecule has 0 radical (unpaired) electrons. The molecule has 0 fully saturated rings. The highest BCUT2D eigenvalue weighted by Crippen LogP contribution is 2.41. The molecular formula is C14H16O3. The van der Waals surface area contributed by atoms with E-state index >= 15 is 0 Å². The Morgan fingerprint density at radius 1 is 1.41 bits per heavy atom. The fourth-order valence-electron chi connectivity index (χ4n) is 2.38. The van der Waals surface area contributed by atoms with Crippen molar-refractivity contribution >= 4 is 11.8 Å². The molecule has 3 nitrogen and oxygen atoms in total. The van der Waals surface area contributed by atoms with Gasteiger partial charge in [-0.05, 0) is 29.0 Å². The average molecular weight is 232 g/mol. The molecule has 0 aliphatic heterocycles. The Morgan fingerprint density at radius 3 is 2.65 bits per heavy atom. The van der Waals surface area contributed by atoms with Crippen molar-refractivity contribution in [1.82, 2.24) is 0 Å². The third kappa shape index (κ3) is 1.75. The van der Waals surface area contributed by atoms with E-state index < -0.39 is 5.97 Å². The molecule has 3 heteroatoms. The van der Waals surface area contributed by atoms with Crippen LogP contribution in [-0.2, 0) is 5.41 Å². The summed E-state index contributed by atoms with van der Waals surface area (Å²) in [6.45, 7) is 6.26. The molecule has 90 valence electrons. The number of benzene rings is 1. The predicted octanol–water partition coefficient (Wildman–Crippen LogP) is 2.88. The van der Waals surface area contributed by atoms with Crippen molar-refractivity contribution in [2.24, 2.45) is 5.92 Å². The van der Waals surface area contributed by atoms with Crippen molar-refractivity contribution in [3.8, 4) is 0 Å². The fourth-order valence-corrected chi connectivity index (χ4v) is 2.38. The molecule has 1 N–H and O–H groups in total. The summed E-state index contributed by atoms with van der Waals surface area (Å²) in [6.07, 6.45) is 0.489. The third-order valence-corrected chi connectivity index (χ3v) is 3.98. The number of fused-ring (bicyclic) bond motifs is 1. The monoisotopic (exact) mass is 232 g/mol. The molecule has 1 aliphatic rings. The molecule has 0 saturated carbocycles. The normalized spacial score (nSPS) is 22.1. The molecule has 0 bridgehead atoms. The Bertz CT molecular complexity index is 500. The minimum Gasteiger partial charge on any atom is -0.478 e. The maximum Gasteiger partial charge on any atom is 0.335 e. The molecule has 0 spiro atoms. The van der Waals surface area contributed by atoms with Crippen molar-refractivity contribution in [2.75, 3.05) is 0 Å². The lowest BCUT2D eigenvalue weighted by Gasteiger charge is -2.37. The first-order valence-electron chi connectivity index (χ1n) is 5.75. The van der Waals surface area contributed by atoms with E-state index in [-0.39, 0.29) is 22.7 Å². The number of hydrogen-bond donors (Lipinski definition) is 1. The molecule has 1 aliphatic carbocycles. The average Bonchev–Trinajstić information content (AvgIpc) is 2.26. The van der Waals surface area contributed by atoms with E-state index in [0.717, 1.165) is 5.56 Å². The standard InChI is InChI=1S/C14H16O3/c1-8-6-12(15)10-7-9(13(16)17)4-5-11(10)14(8,2)3/h4-5,7-8H,6H2,1-3H3,(H,16,17). The lowest BCUT2D eigenvalue weighted by Crippen LogP contribution is -2.35. The van der Waals surface area contributed by atoms with Gasteiger partial charge in [0.05, 0.1) is 5.56 Å². The quantitative estimate of drug-likeness (QED) is 0.810. The predicted molar refractivity (Wildman–Crippen MR) is 64.5 cm³/mol. The van der Waals surface area contributed by atoms with Crippen LogP contribution < -0.4 is 0 Å². The Labute approximate surface area is 100 Å². The molecule has 2 rings (SSSR count). The number of carboxylic acids is 1. The number of aromatic carboxylic acids is 1. The zero-order valence-electron chi connectivity index (χ0n) is 10.3. The van der Waals surface area contributed by atoms with Crippen LogP contribution in [0.1, 0.15) is 53.5 Å². The SMILES string of the molecule is CC1CC(=O)c2cc(C(=O)O)ccc2C1(C)C. The van der Waals surface area contributed by atoms with Crippen LogP contribution in [0.25, 0.3) is 0 Å². The highest BCUT2D eigenvalue weighted by molar-refractivity contribution is 6.01. The van der Waals surface area contributed by atoms with Crippen LogP contribution in [0.2, 0.25) is 0 Å². The number of rotatable bonds is 1. The molecule has 0 aromatic heterocycles. The van der Waals surface area contributed by atoms with Crippen LogP contribution in [0.4, 0.5) is 0 Å². The molecule has 1 aromatic carbocycles. The number of ketones is 1. The van der Waals surface area contributed by atoms with E-state index in [9.17, 15) is 9.59 Å². The van der Waals surface area contributed by atoms with Crippen LogP contribution in [0.5, 0.6) is 0 Å². The topological polar surface area (TPSA) is 54.4 Å². The van der Waals surface area contributed by atoms with Crippen molar-refractivity contribution in [3.63, 3.8) is 0 Å². The summed E-state index contributed by atoms with van der Waals surface area (Å²) >= 11 is 0. The minimum atomic E-state index is -0.989. The lowest BCUT2D eigenvalue weighted by molar-refractivity contribution is 0.0696. The number of carbonyl (C=O) groups excluding carboxylic acids is 1. The van der Waals surface area contributed by atoms with Crippen LogP contribution in [0.3, 0.4) is 0 Å². The second-order valence-electron chi connectivity index (χ2n) is 5.32. The molecule has 1 atom stereocenters. The largest absolute Gasteiger partial charge is 0.478 e. The van der Waals surface area contributed by atoms with E-state index in [0.29, 0.717) is 12.0 Å². The summed E-state index contributed by atoms with van der Waals surface area (Å²) < 4.78 is 0. The smallest absolute Gasteiger partial charge is 0.335 e. The van der Waals surface area contributed by atoms with Gasteiger partial charge in [-0.3, -0.25) is 4.79 Å². The Kier molecular flexibility index (Phi) is 2.57. The minimum absolute atomic E-state index is 0.0509. The van der Waals surface area contributed by atoms with Gasteiger partial charge in [0.15, 0.2) is 5.78 Å². The summed E-state index contributed by atoms with van der Waals surface area (Å²) in [4.78, 5) is 22.9. The molecule has 1 aromatic rings. The summed E-state index contributed by atoms with van der Waals surface area (Å²) in [7, 11) is 0. The first kappa shape index (κ1) is 11.8. The van der Waals surface area contributed by atoms with Crippen molar-refractivity contribution in [2.45, 2.75) is 32.6 Å². The van der Waals surface area contributed by atoms with E-state index in [1.54, 1.807) is 12.1 Å². The highest BCUT2D eigenvalue weighted by Gasteiger charge is 2.37. The summed E-state index contributed by atoms with van der Waals surface area (Å²) in [5, 5.41) is 8.94. The highest BCUT2D eigenvalue weighted by atomic mass is 16.4. The van der Waals surface area contributed by atoms with Gasteiger partial charge in [0.25, 0.3) is 0 Å². The van der Waals surface area contributed by atoms with E-state index in [4.69, 9.17) is 5.11 Å². The maximum absolute atomic E-state index is 12.0. The third-order valence-electron chi connectivity index (χ3n) is 3.98. The molecule has 0 heterocycles. The van der Waals surface area contributed by atoms with Crippen LogP contribution >= 0.6 is 0 Å². The van der Waals surface area contributed by atoms with Gasteiger partial charge in [0.1, 0.15) is 0 Å². The number of carboxylic acid groups (broad SMARTS) is 1. The summed E-state index contributed by atoms with van der Waals surface area (Å²) in [5.41, 5.74) is 1.64. The number of Topliss-reactive ketones (excluding diaryl/α,β-unsaturated/α-hetero) is 1. The van der Waals surface area contributed by atoms with Gasteiger partial charge in [0, 0.05) is 12.0 Å². The molecule has 17 heavy (non-hydrogen) atoms. The first-order chi connectivity index (χ1) is 7.84. The molecule has 0 amide bonds. The molecule has 1 unspecified atom stereocenters. The van der Waals surface area contributed by atoms with Crippen molar-refractivity contribution in [1.29, 1.82) is 0 Å². The van der Waals surface area contributed by atoms with Crippen molar-refractivity contribution < 1.29 is 14.7 Å². The second kappa shape index (κ2) is 3.69. The Hall–Kier alpha value is -1.64. The van der Waals surface area contributed by atoms with Gasteiger partial charge >= 0.3 is 5.97 Å². The zero-order valence-corrected chi connectivity index (χ0v) is 10.3. The number of hydrogen-bond acceptors (Lipinski definition) is 2. The molecular weight excluding hydrogens is 216 g/mol. The van der Waals surface area contributed by atoms with Gasteiger partial charge in [0.2, 0.25) is 0 Å². The van der Waals surface area contributed by atoms with E-state index in [1.807, 2.05) is 0 Å². The van der Waals surface area contributed by atoms with Gasteiger partial charge in [-0.2, -0.15) is 0 Å². The van der Waals surface area contributed by atoms with Gasteiger partial charge in [-0.15, -0.1) is 0 Å². The van der Waals surface area contributed by atoms with E-state index in [2.05, 4.69) is 20.8 Å².